The van der Waals surface area contributed by atoms with Crippen LogP contribution in [0.15, 0.2) is 82.2 Å². The molecule has 2 heterocycles. The maximum absolute atomic E-state index is 13.8. The Kier molecular flexibility index (Phi) is 11.5. The van der Waals surface area contributed by atoms with Gasteiger partial charge in [-0.1, -0.05) is 42.5 Å². The molecule has 1 aliphatic rings. The Bertz CT molecular complexity index is 2020. The summed E-state index contributed by atoms with van der Waals surface area (Å²) in [5, 5.41) is 0.00705. The van der Waals surface area contributed by atoms with Crippen molar-refractivity contribution in [2.45, 2.75) is 65.0 Å². The maximum Gasteiger partial charge on any atom is 0.339 e. The van der Waals surface area contributed by atoms with E-state index in [1.807, 2.05) is 30.3 Å². The first kappa shape index (κ1) is 37.0. The molecule has 0 unspecified atom stereocenters. The molecule has 5 rings (SSSR count). The van der Waals surface area contributed by atoms with E-state index in [-0.39, 0.29) is 34.6 Å². The molecule has 0 amide bonds. The molecule has 15 nitrogen and oxygen atoms in total. The van der Waals surface area contributed by atoms with E-state index in [1.165, 1.54) is 49.6 Å². The van der Waals surface area contributed by atoms with E-state index in [0.717, 1.165) is 33.4 Å². The van der Waals surface area contributed by atoms with Crippen LogP contribution in [0.3, 0.4) is 0 Å². The molecule has 0 aliphatic carbocycles. The first-order valence-corrected chi connectivity index (χ1v) is 15.8. The quantitative estimate of drug-likeness (QED) is 0.123. The number of esters is 5. The highest BCUT2D eigenvalue weighted by molar-refractivity contribution is 5.90. The largest absolute Gasteiger partial charge is 0.489 e. The fourth-order valence-electron chi connectivity index (χ4n) is 5.47. The van der Waals surface area contributed by atoms with Crippen LogP contribution in [0.5, 0.6) is 17.2 Å². The van der Waals surface area contributed by atoms with Crippen LogP contribution in [0, 0.1) is 0 Å². The summed E-state index contributed by atoms with van der Waals surface area (Å²) in [6, 6.07) is 18.3. The summed E-state index contributed by atoms with van der Waals surface area (Å²) < 4.78 is 49.7. The van der Waals surface area contributed by atoms with E-state index < -0.39 is 66.0 Å². The number of methoxy groups -OCH3 is 1. The van der Waals surface area contributed by atoms with Crippen molar-refractivity contribution in [3.8, 4) is 28.4 Å². The van der Waals surface area contributed by atoms with Crippen molar-refractivity contribution in [2.24, 2.45) is 0 Å². The maximum atomic E-state index is 13.8. The Hall–Kier alpha value is -6.22. The molecule has 5 atom stereocenters. The Morgan fingerprint density at radius 2 is 1.37 bits per heavy atom. The van der Waals surface area contributed by atoms with Crippen molar-refractivity contribution in [1.29, 1.82) is 0 Å². The van der Waals surface area contributed by atoms with Crippen LogP contribution < -0.4 is 19.6 Å². The van der Waals surface area contributed by atoms with Gasteiger partial charge < -0.3 is 42.3 Å². The van der Waals surface area contributed by atoms with Crippen molar-refractivity contribution >= 4 is 40.8 Å². The van der Waals surface area contributed by atoms with E-state index in [4.69, 9.17) is 42.3 Å². The number of benzene rings is 3. The van der Waals surface area contributed by atoms with Crippen LogP contribution in [-0.4, -0.2) is 67.7 Å². The van der Waals surface area contributed by atoms with Gasteiger partial charge in [0.25, 0.3) is 0 Å². The fourth-order valence-corrected chi connectivity index (χ4v) is 5.47. The summed E-state index contributed by atoms with van der Waals surface area (Å²) in [6.07, 6.45) is -6.58. The lowest BCUT2D eigenvalue weighted by Gasteiger charge is -2.43. The van der Waals surface area contributed by atoms with Gasteiger partial charge in [-0.25, -0.2) is 4.79 Å². The third-order valence-corrected chi connectivity index (χ3v) is 7.57. The Balaban J connectivity index is 1.45. The van der Waals surface area contributed by atoms with Crippen molar-refractivity contribution in [3.05, 3.63) is 88.8 Å². The molecule has 1 saturated heterocycles. The number of carbonyl (C=O) groups is 5. The summed E-state index contributed by atoms with van der Waals surface area (Å²) in [4.78, 5) is 74.7. The number of fused-ring (bicyclic) bond motifs is 1. The van der Waals surface area contributed by atoms with Crippen molar-refractivity contribution in [2.75, 3.05) is 7.11 Å². The van der Waals surface area contributed by atoms with Gasteiger partial charge in [0, 0.05) is 39.8 Å². The van der Waals surface area contributed by atoms with E-state index in [1.54, 1.807) is 0 Å². The Labute approximate surface area is 296 Å². The number of carbonyl (C=O) groups excluding carboxylic acids is 5. The second kappa shape index (κ2) is 16.2. The third kappa shape index (κ3) is 8.73. The minimum atomic E-state index is -1.65. The summed E-state index contributed by atoms with van der Waals surface area (Å²) in [5.74, 6) is -3.78. The average molecular weight is 719 g/mol. The summed E-state index contributed by atoms with van der Waals surface area (Å²) in [5.41, 5.74) is 1.00. The first-order chi connectivity index (χ1) is 24.8. The third-order valence-electron chi connectivity index (χ3n) is 7.57. The molecule has 0 spiro atoms. The van der Waals surface area contributed by atoms with E-state index >= 15 is 0 Å². The number of hydrogen-bond acceptors (Lipinski definition) is 15. The van der Waals surface area contributed by atoms with Crippen LogP contribution in [0.25, 0.3) is 22.1 Å². The molecule has 0 radical (unpaired) electrons. The lowest BCUT2D eigenvalue weighted by molar-refractivity contribution is -0.282. The zero-order valence-corrected chi connectivity index (χ0v) is 28.6. The van der Waals surface area contributed by atoms with E-state index in [9.17, 15) is 28.8 Å². The molecule has 1 aliphatic heterocycles. The topological polar surface area (TPSA) is 189 Å². The van der Waals surface area contributed by atoms with Gasteiger partial charge in [-0.3, -0.25) is 24.0 Å². The van der Waals surface area contributed by atoms with Crippen molar-refractivity contribution in [3.63, 3.8) is 0 Å². The first-order valence-electron chi connectivity index (χ1n) is 15.8. The highest BCUT2D eigenvalue weighted by Gasteiger charge is 2.55. The monoisotopic (exact) mass is 718 g/mol. The normalized spacial score (nSPS) is 19.5. The number of rotatable bonds is 11. The summed E-state index contributed by atoms with van der Waals surface area (Å²) >= 11 is 0. The number of hydrogen-bond donors (Lipinski definition) is 0. The van der Waals surface area contributed by atoms with E-state index in [2.05, 4.69) is 0 Å². The van der Waals surface area contributed by atoms with Crippen LogP contribution in [-0.2, 0) is 54.3 Å². The fraction of sp³-hybridized carbons (Fsp3) is 0.297. The van der Waals surface area contributed by atoms with E-state index in [0.29, 0.717) is 11.3 Å². The molecular formula is C37H34O15. The standard InChI is InChI=1S/C37H34O15/c1-19(38)47-29-16-26(45-17-23-9-7-6-8-10-23)15-28-30(29)31(42)27(18-46-28)24-11-13-25(14-12-24)51-37-35(50-22(4)41)33(49-21(3)40)32(48-20(2)39)34(52-37)36(43)44-5/h6-16,18,32-35,37H,17H2,1-5H3/t32-,33-,34-,35+,37+/m1/s1. The van der Waals surface area contributed by atoms with Gasteiger partial charge in [0.05, 0.1) is 12.7 Å². The molecule has 0 saturated carbocycles. The van der Waals surface area contributed by atoms with Crippen molar-refractivity contribution < 1.29 is 66.3 Å². The Morgan fingerprint density at radius 1 is 0.731 bits per heavy atom. The van der Waals surface area contributed by atoms with Crippen LogP contribution in [0.2, 0.25) is 0 Å². The molecule has 3 aromatic carbocycles. The molecule has 4 aromatic rings. The van der Waals surface area contributed by atoms with Gasteiger partial charge in [-0.2, -0.15) is 0 Å². The van der Waals surface area contributed by atoms with Gasteiger partial charge >= 0.3 is 29.8 Å². The zero-order valence-electron chi connectivity index (χ0n) is 28.6. The lowest BCUT2D eigenvalue weighted by atomic mass is 9.97. The molecule has 15 heteroatoms. The molecule has 52 heavy (non-hydrogen) atoms. The minimum absolute atomic E-state index is 0.00705. The summed E-state index contributed by atoms with van der Waals surface area (Å²) in [7, 11) is 1.07. The van der Waals surface area contributed by atoms with Gasteiger partial charge in [-0.05, 0) is 23.3 Å². The zero-order chi connectivity index (χ0) is 37.5. The smallest absolute Gasteiger partial charge is 0.339 e. The van der Waals surface area contributed by atoms with Gasteiger partial charge in [0.15, 0.2) is 18.3 Å². The van der Waals surface area contributed by atoms with Crippen LogP contribution >= 0.6 is 0 Å². The van der Waals surface area contributed by atoms with Gasteiger partial charge in [0.2, 0.25) is 17.8 Å². The molecule has 1 aromatic heterocycles. The molecule has 1 fully saturated rings. The predicted octanol–water partition coefficient (Wildman–Crippen LogP) is 4.04. The SMILES string of the molecule is COC(=O)[C@@H]1O[C@H](Oc2ccc(-c3coc4cc(OCc5ccccc5)cc(OC(C)=O)c4c3=O)cc2)[C@@H](OC(C)=O)[C@H](OC(C)=O)[C@H]1OC(C)=O. The van der Waals surface area contributed by atoms with Crippen LogP contribution in [0.1, 0.15) is 33.3 Å². The highest BCUT2D eigenvalue weighted by Crippen LogP contribution is 2.34. The van der Waals surface area contributed by atoms with Crippen molar-refractivity contribution in [1.82, 2.24) is 0 Å². The second-order valence-electron chi connectivity index (χ2n) is 11.5. The second-order valence-corrected chi connectivity index (χ2v) is 11.5. The Morgan fingerprint density at radius 3 is 1.98 bits per heavy atom. The van der Waals surface area contributed by atoms with Crippen LogP contribution in [0.4, 0.5) is 0 Å². The molecule has 272 valence electrons. The average Bonchev–Trinajstić information content (AvgIpc) is 3.09. The highest BCUT2D eigenvalue weighted by atomic mass is 16.7. The number of ether oxygens (including phenoxy) is 8. The summed E-state index contributed by atoms with van der Waals surface area (Å²) in [6.45, 7) is 4.65. The molecular weight excluding hydrogens is 684 g/mol. The molecule has 0 bridgehead atoms. The predicted molar refractivity (Wildman–Crippen MR) is 178 cm³/mol. The molecule has 0 N–H and O–H groups in total. The van der Waals surface area contributed by atoms with Gasteiger partial charge in [-0.15, -0.1) is 0 Å². The minimum Gasteiger partial charge on any atom is -0.489 e. The van der Waals surface area contributed by atoms with Gasteiger partial charge in [0.1, 0.15) is 41.1 Å². The lowest BCUT2D eigenvalue weighted by Crippen LogP contribution is -2.64.